The highest BCUT2D eigenvalue weighted by Gasteiger charge is 2.28. The maximum atomic E-state index is 11.3. The maximum Gasteiger partial charge on any atom is 0.220 e. The van der Waals surface area contributed by atoms with E-state index in [-0.39, 0.29) is 17.9 Å². The molecular formula is C14H16BrN3O2. The summed E-state index contributed by atoms with van der Waals surface area (Å²) in [6.07, 6.45) is 2.41. The number of pyridine rings is 1. The lowest BCUT2D eigenvalue weighted by Crippen LogP contribution is -2.25. The van der Waals surface area contributed by atoms with Crippen LogP contribution in [0.4, 0.5) is 0 Å². The summed E-state index contributed by atoms with van der Waals surface area (Å²) in [5, 5.41) is 7.23. The average molecular weight is 338 g/mol. The lowest BCUT2D eigenvalue weighted by Gasteiger charge is -2.20. The van der Waals surface area contributed by atoms with Crippen molar-refractivity contribution >= 4 is 27.4 Å². The van der Waals surface area contributed by atoms with E-state index in [4.69, 9.17) is 4.74 Å². The monoisotopic (exact) mass is 337 g/mol. The van der Waals surface area contributed by atoms with Crippen molar-refractivity contribution in [3.8, 4) is 5.75 Å². The van der Waals surface area contributed by atoms with Crippen LogP contribution in [0.2, 0.25) is 0 Å². The predicted octanol–water partition coefficient (Wildman–Crippen LogP) is 2.31. The van der Waals surface area contributed by atoms with Gasteiger partial charge in [0.2, 0.25) is 5.91 Å². The third-order valence-electron chi connectivity index (χ3n) is 3.61. The predicted molar refractivity (Wildman–Crippen MR) is 78.8 cm³/mol. The van der Waals surface area contributed by atoms with E-state index in [1.807, 2.05) is 32.2 Å². The zero-order chi connectivity index (χ0) is 14.3. The average Bonchev–Trinajstić information content (AvgIpc) is 2.94. The van der Waals surface area contributed by atoms with Crippen LogP contribution in [0, 0.1) is 12.8 Å². The molecule has 0 saturated carbocycles. The molecule has 2 atom stereocenters. The molecule has 5 nitrogen and oxygen atoms in total. The SMILES string of the molecule is Cc1cc2c(OC(C)[C@H]3CNC(=O)C3)cc(Br)cn2n1. The number of nitrogens with zero attached hydrogens (tertiary/aromatic N) is 2. The van der Waals surface area contributed by atoms with Gasteiger partial charge in [0.1, 0.15) is 17.4 Å². The molecule has 3 rings (SSSR count). The normalized spacial score (nSPS) is 20.1. The summed E-state index contributed by atoms with van der Waals surface area (Å²) < 4.78 is 8.79. The Hall–Kier alpha value is -1.56. The second-order valence-electron chi connectivity index (χ2n) is 5.23. The van der Waals surface area contributed by atoms with E-state index in [0.29, 0.717) is 13.0 Å². The fraction of sp³-hybridized carbons (Fsp3) is 0.429. The van der Waals surface area contributed by atoms with Crippen LogP contribution in [0.1, 0.15) is 19.0 Å². The third-order valence-corrected chi connectivity index (χ3v) is 4.04. The van der Waals surface area contributed by atoms with Crippen molar-refractivity contribution < 1.29 is 9.53 Å². The molecule has 1 saturated heterocycles. The molecule has 1 aliphatic heterocycles. The number of halogens is 1. The van der Waals surface area contributed by atoms with Crippen LogP contribution in [0.15, 0.2) is 22.8 Å². The zero-order valence-electron chi connectivity index (χ0n) is 11.4. The fourth-order valence-corrected chi connectivity index (χ4v) is 2.90. The van der Waals surface area contributed by atoms with Crippen LogP contribution in [0.5, 0.6) is 5.75 Å². The number of carbonyl (C=O) groups excluding carboxylic acids is 1. The number of rotatable bonds is 3. The van der Waals surface area contributed by atoms with Gasteiger partial charge in [0.15, 0.2) is 0 Å². The van der Waals surface area contributed by atoms with E-state index < -0.39 is 0 Å². The van der Waals surface area contributed by atoms with Gasteiger partial charge in [-0.25, -0.2) is 4.52 Å². The molecule has 1 unspecified atom stereocenters. The molecule has 0 bridgehead atoms. The lowest BCUT2D eigenvalue weighted by atomic mass is 10.0. The number of aromatic nitrogens is 2. The van der Waals surface area contributed by atoms with Crippen LogP contribution < -0.4 is 10.1 Å². The van der Waals surface area contributed by atoms with Gasteiger partial charge in [-0.1, -0.05) is 0 Å². The summed E-state index contributed by atoms with van der Waals surface area (Å²) in [7, 11) is 0. The summed E-state index contributed by atoms with van der Waals surface area (Å²) >= 11 is 3.47. The summed E-state index contributed by atoms with van der Waals surface area (Å²) in [6.45, 7) is 4.64. The molecule has 3 heterocycles. The molecule has 0 spiro atoms. The molecule has 0 radical (unpaired) electrons. The Morgan fingerprint density at radius 2 is 2.35 bits per heavy atom. The van der Waals surface area contributed by atoms with Crippen molar-refractivity contribution in [2.45, 2.75) is 26.4 Å². The zero-order valence-corrected chi connectivity index (χ0v) is 13.0. The minimum Gasteiger partial charge on any atom is -0.488 e. The second-order valence-corrected chi connectivity index (χ2v) is 6.15. The Morgan fingerprint density at radius 3 is 3.05 bits per heavy atom. The van der Waals surface area contributed by atoms with E-state index in [2.05, 4.69) is 26.3 Å². The van der Waals surface area contributed by atoms with Crippen molar-refractivity contribution in [1.82, 2.24) is 14.9 Å². The Morgan fingerprint density at radius 1 is 1.55 bits per heavy atom. The van der Waals surface area contributed by atoms with Gasteiger partial charge in [0.05, 0.1) is 5.69 Å². The molecule has 2 aromatic rings. The largest absolute Gasteiger partial charge is 0.488 e. The molecule has 6 heteroatoms. The minimum absolute atomic E-state index is 0.0257. The first kappa shape index (κ1) is 13.4. The standard InChI is InChI=1S/C14H16BrN3O2/c1-8-3-12-13(5-11(15)7-18(12)17-8)20-9(2)10-4-14(19)16-6-10/h3,5,7,9-10H,4,6H2,1-2H3,(H,16,19)/t9?,10-/m1/s1. The lowest BCUT2D eigenvalue weighted by molar-refractivity contribution is -0.119. The van der Waals surface area contributed by atoms with Crippen LogP contribution in [0.3, 0.4) is 0 Å². The quantitative estimate of drug-likeness (QED) is 0.934. The van der Waals surface area contributed by atoms with E-state index >= 15 is 0 Å². The van der Waals surface area contributed by atoms with Gasteiger partial charge in [0.25, 0.3) is 0 Å². The van der Waals surface area contributed by atoms with Gasteiger partial charge >= 0.3 is 0 Å². The Balaban J connectivity index is 1.88. The first-order valence-electron chi connectivity index (χ1n) is 6.62. The van der Waals surface area contributed by atoms with Crippen LogP contribution >= 0.6 is 15.9 Å². The highest BCUT2D eigenvalue weighted by atomic mass is 79.9. The highest BCUT2D eigenvalue weighted by molar-refractivity contribution is 9.10. The van der Waals surface area contributed by atoms with Crippen LogP contribution in [0.25, 0.3) is 5.52 Å². The van der Waals surface area contributed by atoms with Gasteiger partial charge in [-0.2, -0.15) is 5.10 Å². The van der Waals surface area contributed by atoms with Gasteiger partial charge < -0.3 is 10.1 Å². The number of amides is 1. The van der Waals surface area contributed by atoms with Gasteiger partial charge in [0, 0.05) is 29.6 Å². The third kappa shape index (κ3) is 2.52. The van der Waals surface area contributed by atoms with Crippen LogP contribution in [-0.4, -0.2) is 28.2 Å². The van der Waals surface area contributed by atoms with Crippen molar-refractivity contribution in [3.63, 3.8) is 0 Å². The Bertz CT molecular complexity index is 668. The summed E-state index contributed by atoms with van der Waals surface area (Å²) in [5.41, 5.74) is 1.88. The first-order valence-corrected chi connectivity index (χ1v) is 7.41. The molecule has 1 aliphatic rings. The van der Waals surface area contributed by atoms with E-state index in [1.165, 1.54) is 0 Å². The second kappa shape index (κ2) is 5.09. The van der Waals surface area contributed by atoms with E-state index in [9.17, 15) is 4.79 Å². The summed E-state index contributed by atoms with van der Waals surface area (Å²) in [6, 6.07) is 3.93. The minimum atomic E-state index is -0.0257. The molecule has 0 aliphatic carbocycles. The van der Waals surface area contributed by atoms with Crippen molar-refractivity contribution in [3.05, 3.63) is 28.5 Å². The topological polar surface area (TPSA) is 55.6 Å². The smallest absolute Gasteiger partial charge is 0.220 e. The number of ether oxygens (including phenoxy) is 1. The number of nitrogens with one attached hydrogen (secondary N) is 1. The molecule has 106 valence electrons. The molecule has 1 fully saturated rings. The molecule has 2 aromatic heterocycles. The number of aryl methyl sites for hydroxylation is 1. The van der Waals surface area contributed by atoms with E-state index in [1.54, 1.807) is 4.52 Å². The highest BCUT2D eigenvalue weighted by Crippen LogP contribution is 2.28. The number of hydrogen-bond donors (Lipinski definition) is 1. The van der Waals surface area contributed by atoms with Gasteiger partial charge in [-0.15, -0.1) is 0 Å². The molecular weight excluding hydrogens is 322 g/mol. The number of carbonyl (C=O) groups is 1. The number of hydrogen-bond acceptors (Lipinski definition) is 3. The van der Waals surface area contributed by atoms with Crippen molar-refractivity contribution in [1.29, 1.82) is 0 Å². The molecule has 1 amide bonds. The fourth-order valence-electron chi connectivity index (χ4n) is 2.50. The van der Waals surface area contributed by atoms with Gasteiger partial charge in [-0.3, -0.25) is 4.79 Å². The Labute approximate surface area is 125 Å². The van der Waals surface area contributed by atoms with Gasteiger partial charge in [-0.05, 0) is 41.9 Å². The van der Waals surface area contributed by atoms with Crippen LogP contribution in [-0.2, 0) is 4.79 Å². The molecule has 1 N–H and O–H groups in total. The summed E-state index contributed by atoms with van der Waals surface area (Å²) in [4.78, 5) is 11.3. The van der Waals surface area contributed by atoms with E-state index in [0.717, 1.165) is 21.4 Å². The first-order chi connectivity index (χ1) is 9.52. The van der Waals surface area contributed by atoms with Crippen molar-refractivity contribution in [2.24, 2.45) is 5.92 Å². The molecule has 0 aromatic carbocycles. The molecule has 20 heavy (non-hydrogen) atoms. The number of fused-ring (bicyclic) bond motifs is 1. The summed E-state index contributed by atoms with van der Waals surface area (Å²) in [5.74, 6) is 1.10. The maximum absolute atomic E-state index is 11.3. The Kier molecular flexibility index (Phi) is 3.41. The van der Waals surface area contributed by atoms with Crippen molar-refractivity contribution in [2.75, 3.05) is 6.54 Å².